The molecule has 0 bridgehead atoms. The van der Waals surface area contributed by atoms with Gasteiger partial charge in [0, 0.05) is 18.2 Å². The minimum absolute atomic E-state index is 0.00242. The summed E-state index contributed by atoms with van der Waals surface area (Å²) in [5.41, 5.74) is -0.00242. The monoisotopic (exact) mass is 310 g/mol. The van der Waals surface area contributed by atoms with Crippen LogP contribution in [0, 0.1) is 11.6 Å². The Hall–Kier alpha value is -1.98. The van der Waals surface area contributed by atoms with Gasteiger partial charge in [-0.2, -0.15) is 0 Å². The summed E-state index contributed by atoms with van der Waals surface area (Å²) in [5.74, 6) is -2.81. The first-order valence-electron chi connectivity index (χ1n) is 7.55. The molecule has 2 rings (SSSR count). The molecule has 1 heterocycles. The van der Waals surface area contributed by atoms with Gasteiger partial charge in [-0.25, -0.2) is 8.78 Å². The van der Waals surface area contributed by atoms with Crippen molar-refractivity contribution in [2.75, 3.05) is 13.1 Å². The summed E-state index contributed by atoms with van der Waals surface area (Å²) in [6.45, 7) is 2.61. The van der Waals surface area contributed by atoms with Gasteiger partial charge in [0.25, 0.3) is 5.91 Å². The lowest BCUT2D eigenvalue weighted by molar-refractivity contribution is -0.133. The Morgan fingerprint density at radius 3 is 2.73 bits per heavy atom. The quantitative estimate of drug-likeness (QED) is 0.929. The fourth-order valence-corrected chi connectivity index (χ4v) is 2.75. The first kappa shape index (κ1) is 16.4. The second-order valence-corrected chi connectivity index (χ2v) is 5.46. The fourth-order valence-electron chi connectivity index (χ4n) is 2.75. The summed E-state index contributed by atoms with van der Waals surface area (Å²) in [4.78, 5) is 25.9. The number of benzene rings is 1. The lowest BCUT2D eigenvalue weighted by atomic mass is 10.00. The number of carbonyl (C=O) groups is 2. The van der Waals surface area contributed by atoms with Crippen LogP contribution in [0.4, 0.5) is 8.78 Å². The van der Waals surface area contributed by atoms with Crippen molar-refractivity contribution >= 4 is 11.8 Å². The number of hydrogen-bond acceptors (Lipinski definition) is 2. The van der Waals surface area contributed by atoms with Crippen molar-refractivity contribution in [2.45, 2.75) is 38.6 Å². The Labute approximate surface area is 128 Å². The summed E-state index contributed by atoms with van der Waals surface area (Å²) < 4.78 is 25.9. The number of likely N-dealkylation sites (tertiary alicyclic amines) is 1. The highest BCUT2D eigenvalue weighted by molar-refractivity contribution is 5.96. The van der Waals surface area contributed by atoms with Gasteiger partial charge in [-0.15, -0.1) is 0 Å². The van der Waals surface area contributed by atoms with Gasteiger partial charge in [-0.05, 0) is 43.9 Å². The average Bonchev–Trinajstić information content (AvgIpc) is 2.54. The highest BCUT2D eigenvalue weighted by Crippen LogP contribution is 2.19. The van der Waals surface area contributed by atoms with E-state index in [-0.39, 0.29) is 24.1 Å². The highest BCUT2D eigenvalue weighted by Gasteiger charge is 2.25. The molecule has 120 valence electrons. The number of halogens is 2. The molecule has 0 saturated carbocycles. The summed E-state index contributed by atoms with van der Waals surface area (Å²) in [6, 6.07) is 3.13. The van der Waals surface area contributed by atoms with Gasteiger partial charge >= 0.3 is 0 Å². The standard InChI is InChI=1S/C16H20F2N2O2/c1-2-12-5-3-4-8-20(12)15(21)10-19-16(22)11-6-7-13(17)14(18)9-11/h6-7,9,12H,2-5,8,10H2,1H3,(H,19,22). The van der Waals surface area contributed by atoms with Gasteiger partial charge in [0.1, 0.15) is 0 Å². The molecule has 1 unspecified atom stereocenters. The Balaban J connectivity index is 1.92. The van der Waals surface area contributed by atoms with Crippen molar-refractivity contribution in [2.24, 2.45) is 0 Å². The van der Waals surface area contributed by atoms with Gasteiger partial charge in [-0.1, -0.05) is 6.92 Å². The predicted molar refractivity (Wildman–Crippen MR) is 78.3 cm³/mol. The van der Waals surface area contributed by atoms with E-state index in [9.17, 15) is 18.4 Å². The number of nitrogens with zero attached hydrogens (tertiary/aromatic N) is 1. The topological polar surface area (TPSA) is 49.4 Å². The molecule has 2 amide bonds. The van der Waals surface area contributed by atoms with Crippen LogP contribution < -0.4 is 5.32 Å². The second kappa shape index (κ2) is 7.33. The van der Waals surface area contributed by atoms with Crippen LogP contribution in [-0.2, 0) is 4.79 Å². The maximum absolute atomic E-state index is 13.1. The van der Waals surface area contributed by atoms with Crippen LogP contribution >= 0.6 is 0 Å². The maximum atomic E-state index is 13.1. The molecule has 0 aromatic heterocycles. The number of carbonyl (C=O) groups excluding carboxylic acids is 2. The van der Waals surface area contributed by atoms with E-state index in [0.717, 1.165) is 37.8 Å². The molecule has 1 aliphatic heterocycles. The Bertz CT molecular complexity index is 563. The lowest BCUT2D eigenvalue weighted by Crippen LogP contribution is -2.47. The van der Waals surface area contributed by atoms with Crippen LogP contribution in [-0.4, -0.2) is 35.8 Å². The predicted octanol–water partition coefficient (Wildman–Crippen LogP) is 2.49. The van der Waals surface area contributed by atoms with Gasteiger partial charge in [0.15, 0.2) is 11.6 Å². The largest absolute Gasteiger partial charge is 0.343 e. The molecular formula is C16H20F2N2O2. The van der Waals surface area contributed by atoms with E-state index in [1.807, 2.05) is 6.92 Å². The lowest BCUT2D eigenvalue weighted by Gasteiger charge is -2.35. The van der Waals surface area contributed by atoms with Crippen LogP contribution in [0.25, 0.3) is 0 Å². The Morgan fingerprint density at radius 1 is 1.27 bits per heavy atom. The zero-order valence-corrected chi connectivity index (χ0v) is 12.6. The van der Waals surface area contributed by atoms with Gasteiger partial charge < -0.3 is 10.2 Å². The first-order valence-corrected chi connectivity index (χ1v) is 7.55. The average molecular weight is 310 g/mol. The zero-order chi connectivity index (χ0) is 16.1. The molecule has 1 N–H and O–H groups in total. The van der Waals surface area contributed by atoms with Crippen LogP contribution in [0.2, 0.25) is 0 Å². The first-order chi connectivity index (χ1) is 10.5. The smallest absolute Gasteiger partial charge is 0.251 e. The molecule has 4 nitrogen and oxygen atoms in total. The second-order valence-electron chi connectivity index (χ2n) is 5.46. The van der Waals surface area contributed by atoms with Gasteiger partial charge in [-0.3, -0.25) is 9.59 Å². The summed E-state index contributed by atoms with van der Waals surface area (Å²) in [5, 5.41) is 2.47. The Morgan fingerprint density at radius 2 is 2.05 bits per heavy atom. The van der Waals surface area contributed by atoms with E-state index >= 15 is 0 Å². The summed E-state index contributed by atoms with van der Waals surface area (Å²) in [6.07, 6.45) is 3.96. The third-order valence-electron chi connectivity index (χ3n) is 4.00. The number of piperidine rings is 1. The van der Waals surface area contributed by atoms with Gasteiger partial charge in [0.05, 0.1) is 6.54 Å². The summed E-state index contributed by atoms with van der Waals surface area (Å²) in [7, 11) is 0. The van der Waals surface area contributed by atoms with E-state index in [0.29, 0.717) is 6.54 Å². The van der Waals surface area contributed by atoms with Crippen molar-refractivity contribution in [3.05, 3.63) is 35.4 Å². The molecule has 1 atom stereocenters. The minimum atomic E-state index is -1.08. The van der Waals surface area contributed by atoms with Crippen molar-refractivity contribution in [1.82, 2.24) is 10.2 Å². The molecule has 1 aliphatic rings. The van der Waals surface area contributed by atoms with Crippen molar-refractivity contribution in [3.8, 4) is 0 Å². The third-order valence-corrected chi connectivity index (χ3v) is 4.00. The van der Waals surface area contributed by atoms with E-state index in [2.05, 4.69) is 5.32 Å². The maximum Gasteiger partial charge on any atom is 0.251 e. The van der Waals surface area contributed by atoms with E-state index in [4.69, 9.17) is 0 Å². The van der Waals surface area contributed by atoms with Crippen LogP contribution in [0.5, 0.6) is 0 Å². The number of rotatable bonds is 4. The van der Waals surface area contributed by atoms with Crippen LogP contribution in [0.1, 0.15) is 43.0 Å². The number of nitrogens with one attached hydrogen (secondary N) is 1. The molecule has 0 spiro atoms. The normalized spacial score (nSPS) is 18.1. The molecule has 6 heteroatoms. The SMILES string of the molecule is CCC1CCCCN1C(=O)CNC(=O)c1ccc(F)c(F)c1. The molecule has 1 aromatic rings. The molecular weight excluding hydrogens is 290 g/mol. The molecule has 22 heavy (non-hydrogen) atoms. The molecule has 0 aliphatic carbocycles. The van der Waals surface area contributed by atoms with E-state index < -0.39 is 17.5 Å². The Kier molecular flexibility index (Phi) is 5.46. The number of hydrogen-bond donors (Lipinski definition) is 1. The van der Waals surface area contributed by atoms with Crippen molar-refractivity contribution in [3.63, 3.8) is 0 Å². The molecule has 1 saturated heterocycles. The van der Waals surface area contributed by atoms with Crippen molar-refractivity contribution < 1.29 is 18.4 Å². The van der Waals surface area contributed by atoms with Crippen LogP contribution in [0.3, 0.4) is 0 Å². The summed E-state index contributed by atoms with van der Waals surface area (Å²) >= 11 is 0. The van der Waals surface area contributed by atoms with Crippen LogP contribution in [0.15, 0.2) is 18.2 Å². The molecule has 1 aromatic carbocycles. The fraction of sp³-hybridized carbons (Fsp3) is 0.500. The number of amides is 2. The minimum Gasteiger partial charge on any atom is -0.343 e. The van der Waals surface area contributed by atoms with Crippen molar-refractivity contribution in [1.29, 1.82) is 0 Å². The molecule has 1 fully saturated rings. The van der Waals surface area contributed by atoms with Gasteiger partial charge in [0.2, 0.25) is 5.91 Å². The zero-order valence-electron chi connectivity index (χ0n) is 12.6. The highest BCUT2D eigenvalue weighted by atomic mass is 19.2. The van der Waals surface area contributed by atoms with E-state index in [1.54, 1.807) is 4.90 Å². The van der Waals surface area contributed by atoms with E-state index in [1.165, 1.54) is 6.07 Å². The third kappa shape index (κ3) is 3.81. The molecule has 0 radical (unpaired) electrons.